The van der Waals surface area contributed by atoms with Crippen LogP contribution < -0.4 is 16.4 Å². The number of nitrogens with two attached hydrogens (primary N) is 1. The fraction of sp³-hybridized carbons (Fsp3) is 0.273. The summed E-state index contributed by atoms with van der Waals surface area (Å²) in [7, 11) is -4.42. The monoisotopic (exact) mass is 367 g/mol. The molecule has 11 heteroatoms. The van der Waals surface area contributed by atoms with E-state index in [1.165, 1.54) is 0 Å². The van der Waals surface area contributed by atoms with Gasteiger partial charge in [-0.3, -0.25) is 9.35 Å². The first-order chi connectivity index (χ1) is 10.0. The van der Waals surface area contributed by atoms with Crippen LogP contribution in [0.1, 0.15) is 5.56 Å². The minimum Gasteiger partial charge on any atom is -0.480 e. The van der Waals surface area contributed by atoms with E-state index in [4.69, 9.17) is 39.2 Å². The van der Waals surface area contributed by atoms with Crippen LogP contribution in [0.4, 0.5) is 5.69 Å². The van der Waals surface area contributed by atoms with E-state index in [0.717, 1.165) is 12.1 Å². The van der Waals surface area contributed by atoms with Crippen LogP contribution in [0.2, 0.25) is 5.02 Å². The Morgan fingerprint density at radius 3 is 2.59 bits per heavy atom. The number of anilines is 1. The van der Waals surface area contributed by atoms with Crippen LogP contribution in [0.25, 0.3) is 0 Å². The fourth-order valence-electron chi connectivity index (χ4n) is 1.39. The molecule has 0 aliphatic heterocycles. The molecular formula is C11H14ClN3O5S2. The number of rotatable bonds is 5. The van der Waals surface area contributed by atoms with Crippen molar-refractivity contribution in [3.8, 4) is 0 Å². The highest BCUT2D eigenvalue weighted by Gasteiger charge is 2.16. The Kier molecular flexibility index (Phi) is 6.08. The zero-order valence-electron chi connectivity index (χ0n) is 11.3. The molecule has 1 aromatic rings. The number of carboxylic acid groups (broad SMARTS) is 1. The lowest BCUT2D eigenvalue weighted by Crippen LogP contribution is -2.43. The number of carboxylic acids is 1. The number of halogens is 1. The van der Waals surface area contributed by atoms with Gasteiger partial charge in [0.25, 0.3) is 10.1 Å². The number of benzene rings is 1. The lowest BCUT2D eigenvalue weighted by Gasteiger charge is -2.15. The third-order valence-electron chi connectivity index (χ3n) is 2.66. The maximum Gasteiger partial charge on any atom is 0.322 e. The van der Waals surface area contributed by atoms with Crippen molar-refractivity contribution in [3.63, 3.8) is 0 Å². The molecular weight excluding hydrogens is 354 g/mol. The van der Waals surface area contributed by atoms with Gasteiger partial charge in [-0.25, -0.2) is 0 Å². The number of nitrogens with one attached hydrogen (secondary N) is 2. The Bertz CT molecular complexity index is 708. The molecule has 0 aliphatic carbocycles. The molecule has 0 saturated carbocycles. The maximum absolute atomic E-state index is 11.2. The van der Waals surface area contributed by atoms with E-state index < -0.39 is 27.0 Å². The van der Waals surface area contributed by atoms with Crippen molar-refractivity contribution in [2.45, 2.75) is 17.9 Å². The molecule has 0 aromatic heterocycles. The molecule has 8 nitrogen and oxygen atoms in total. The topological polar surface area (TPSA) is 142 Å². The van der Waals surface area contributed by atoms with Crippen LogP contribution in [0.15, 0.2) is 17.0 Å². The van der Waals surface area contributed by atoms with Gasteiger partial charge in [-0.1, -0.05) is 11.6 Å². The number of carbonyl (C=O) groups is 1. The van der Waals surface area contributed by atoms with E-state index >= 15 is 0 Å². The zero-order chi connectivity index (χ0) is 17.1. The molecule has 122 valence electrons. The zero-order valence-corrected chi connectivity index (χ0v) is 13.7. The van der Waals surface area contributed by atoms with E-state index in [2.05, 4.69) is 10.6 Å². The van der Waals surface area contributed by atoms with Crippen LogP contribution in [0.3, 0.4) is 0 Å². The summed E-state index contributed by atoms with van der Waals surface area (Å²) in [4.78, 5) is 10.2. The van der Waals surface area contributed by atoms with Crippen molar-refractivity contribution >= 4 is 50.7 Å². The predicted molar refractivity (Wildman–Crippen MR) is 85.8 cm³/mol. The van der Waals surface area contributed by atoms with Gasteiger partial charge in [0.15, 0.2) is 5.11 Å². The summed E-state index contributed by atoms with van der Waals surface area (Å²) in [5, 5.41) is 14.0. The Balaban J connectivity index is 2.91. The quantitative estimate of drug-likeness (QED) is 0.373. The lowest BCUT2D eigenvalue weighted by atomic mass is 10.2. The number of hydrogen-bond donors (Lipinski definition) is 5. The van der Waals surface area contributed by atoms with Crippen LogP contribution in [-0.2, 0) is 14.9 Å². The highest BCUT2D eigenvalue weighted by molar-refractivity contribution is 7.85. The van der Waals surface area contributed by atoms with Crippen molar-refractivity contribution in [1.29, 1.82) is 0 Å². The molecule has 0 fully saturated rings. The van der Waals surface area contributed by atoms with Crippen LogP contribution in [-0.4, -0.2) is 41.7 Å². The molecule has 1 unspecified atom stereocenters. The van der Waals surface area contributed by atoms with Crippen molar-refractivity contribution < 1.29 is 22.9 Å². The molecule has 6 N–H and O–H groups in total. The molecule has 0 aliphatic rings. The van der Waals surface area contributed by atoms with E-state index in [1.54, 1.807) is 6.92 Å². The van der Waals surface area contributed by atoms with Gasteiger partial charge in [0, 0.05) is 17.3 Å². The Morgan fingerprint density at radius 2 is 2.09 bits per heavy atom. The number of aliphatic carboxylic acids is 1. The van der Waals surface area contributed by atoms with E-state index in [9.17, 15) is 13.2 Å². The van der Waals surface area contributed by atoms with Gasteiger partial charge < -0.3 is 21.5 Å². The molecule has 1 aromatic carbocycles. The third kappa shape index (κ3) is 5.07. The average molecular weight is 368 g/mol. The van der Waals surface area contributed by atoms with Gasteiger partial charge in [0.2, 0.25) is 0 Å². The Hall–Kier alpha value is -1.46. The summed E-state index contributed by atoms with van der Waals surface area (Å²) in [6, 6.07) is 1.11. The summed E-state index contributed by atoms with van der Waals surface area (Å²) < 4.78 is 31.4. The summed E-state index contributed by atoms with van der Waals surface area (Å²) >= 11 is 10.9. The van der Waals surface area contributed by atoms with Crippen LogP contribution >= 0.6 is 23.8 Å². The van der Waals surface area contributed by atoms with Crippen molar-refractivity contribution in [1.82, 2.24) is 5.32 Å². The molecule has 0 bridgehead atoms. The Labute approximate surface area is 137 Å². The van der Waals surface area contributed by atoms with Crippen molar-refractivity contribution in [2.75, 3.05) is 11.9 Å². The summed E-state index contributed by atoms with van der Waals surface area (Å²) in [6.45, 7) is 1.50. The number of hydrogen-bond acceptors (Lipinski definition) is 5. The second-order valence-corrected chi connectivity index (χ2v) is 6.57. The highest BCUT2D eigenvalue weighted by Crippen LogP contribution is 2.27. The molecule has 1 atom stereocenters. The van der Waals surface area contributed by atoms with E-state index in [-0.39, 0.29) is 22.4 Å². The minimum absolute atomic E-state index is 0.0309. The highest BCUT2D eigenvalue weighted by atomic mass is 35.5. The molecule has 0 saturated heterocycles. The average Bonchev–Trinajstić information content (AvgIpc) is 2.39. The first kappa shape index (κ1) is 18.6. The van der Waals surface area contributed by atoms with Gasteiger partial charge in [-0.05, 0) is 36.8 Å². The SMILES string of the molecule is Cc1c(Cl)cc(S(=O)(=O)O)cc1NC(=S)NCC(N)C(=O)O. The lowest BCUT2D eigenvalue weighted by molar-refractivity contribution is -0.138. The van der Waals surface area contributed by atoms with Crippen molar-refractivity contribution in [2.24, 2.45) is 5.73 Å². The van der Waals surface area contributed by atoms with Gasteiger partial charge in [-0.2, -0.15) is 8.42 Å². The number of thiocarbonyl (C=S) groups is 1. The normalized spacial score (nSPS) is 12.5. The molecule has 1 rings (SSSR count). The minimum atomic E-state index is -4.42. The van der Waals surface area contributed by atoms with Crippen LogP contribution in [0.5, 0.6) is 0 Å². The largest absolute Gasteiger partial charge is 0.480 e. The fourth-order valence-corrected chi connectivity index (χ4v) is 2.40. The Morgan fingerprint density at radius 1 is 1.50 bits per heavy atom. The van der Waals surface area contributed by atoms with E-state index in [1.807, 2.05) is 0 Å². The van der Waals surface area contributed by atoms with Gasteiger partial charge >= 0.3 is 5.97 Å². The third-order valence-corrected chi connectivity index (χ3v) is 4.13. The molecule has 0 heterocycles. The van der Waals surface area contributed by atoms with Gasteiger partial charge in [0.1, 0.15) is 6.04 Å². The molecule has 0 amide bonds. The second-order valence-electron chi connectivity index (χ2n) is 4.33. The molecule has 22 heavy (non-hydrogen) atoms. The second kappa shape index (κ2) is 7.20. The standard InChI is InChI=1S/C11H14ClN3O5S2/c1-5-7(12)2-6(22(18,19)20)3-9(5)15-11(21)14-4-8(13)10(16)17/h2-3,8H,4,13H2,1H3,(H,16,17)(H2,14,15,21)(H,18,19,20). The smallest absolute Gasteiger partial charge is 0.322 e. The summed E-state index contributed by atoms with van der Waals surface area (Å²) in [5.74, 6) is -1.19. The summed E-state index contributed by atoms with van der Waals surface area (Å²) in [6.07, 6.45) is 0. The first-order valence-electron chi connectivity index (χ1n) is 5.83. The first-order valence-corrected chi connectivity index (χ1v) is 8.06. The van der Waals surface area contributed by atoms with Crippen molar-refractivity contribution in [3.05, 3.63) is 22.7 Å². The molecule has 0 spiro atoms. The van der Waals surface area contributed by atoms with Gasteiger partial charge in [0.05, 0.1) is 4.90 Å². The predicted octanol–water partition coefficient (Wildman–Crippen LogP) is 0.593. The molecule has 0 radical (unpaired) electrons. The summed E-state index contributed by atoms with van der Waals surface area (Å²) in [5.41, 5.74) is 6.06. The maximum atomic E-state index is 11.2. The van der Waals surface area contributed by atoms with E-state index in [0.29, 0.717) is 5.56 Å². The van der Waals surface area contributed by atoms with Crippen LogP contribution in [0, 0.1) is 6.92 Å². The van der Waals surface area contributed by atoms with Gasteiger partial charge in [-0.15, -0.1) is 0 Å².